The van der Waals surface area contributed by atoms with E-state index in [9.17, 15) is 9.90 Å². The number of carboxylic acid groups (broad SMARTS) is 1. The lowest BCUT2D eigenvalue weighted by Crippen LogP contribution is -2.35. The molecule has 1 aliphatic carbocycles. The third kappa shape index (κ3) is 3.10. The van der Waals surface area contributed by atoms with Crippen molar-refractivity contribution in [2.75, 3.05) is 7.11 Å². The van der Waals surface area contributed by atoms with E-state index in [0.29, 0.717) is 37.4 Å². The average molecular weight is 296 g/mol. The van der Waals surface area contributed by atoms with Gasteiger partial charge in [0, 0.05) is 13.5 Å². The summed E-state index contributed by atoms with van der Waals surface area (Å²) in [7, 11) is 1.61. The molecule has 1 heterocycles. The van der Waals surface area contributed by atoms with Gasteiger partial charge in [0.25, 0.3) is 0 Å². The summed E-state index contributed by atoms with van der Waals surface area (Å²) in [5.74, 6) is 0.122. The Morgan fingerprint density at radius 2 is 2.10 bits per heavy atom. The van der Waals surface area contributed by atoms with Gasteiger partial charge >= 0.3 is 5.97 Å². The van der Waals surface area contributed by atoms with Gasteiger partial charge in [-0.3, -0.25) is 4.79 Å². The van der Waals surface area contributed by atoms with Crippen LogP contribution in [0.1, 0.15) is 64.1 Å². The first-order valence-electron chi connectivity index (χ1n) is 7.57. The van der Waals surface area contributed by atoms with Crippen molar-refractivity contribution >= 4 is 5.97 Å². The quantitative estimate of drug-likeness (QED) is 0.868. The third-order valence-electron chi connectivity index (χ3n) is 4.82. The number of hydrogen-bond acceptors (Lipinski definition) is 5. The van der Waals surface area contributed by atoms with Gasteiger partial charge in [-0.05, 0) is 26.2 Å². The molecule has 1 aromatic heterocycles. The van der Waals surface area contributed by atoms with Gasteiger partial charge in [-0.1, -0.05) is 31.3 Å². The van der Waals surface area contributed by atoms with Crippen molar-refractivity contribution in [1.82, 2.24) is 10.1 Å². The summed E-state index contributed by atoms with van der Waals surface area (Å²) in [5, 5.41) is 13.6. The predicted molar refractivity (Wildman–Crippen MR) is 75.8 cm³/mol. The van der Waals surface area contributed by atoms with Crippen LogP contribution < -0.4 is 0 Å². The number of nitrogens with zero attached hydrogens (tertiary/aromatic N) is 2. The fourth-order valence-corrected chi connectivity index (χ4v) is 2.92. The maximum atomic E-state index is 11.7. The van der Waals surface area contributed by atoms with Crippen molar-refractivity contribution in [2.45, 2.75) is 64.4 Å². The zero-order chi connectivity index (χ0) is 15.5. The van der Waals surface area contributed by atoms with Gasteiger partial charge in [0.2, 0.25) is 11.7 Å². The first-order valence-corrected chi connectivity index (χ1v) is 7.57. The van der Waals surface area contributed by atoms with Crippen LogP contribution in [0.25, 0.3) is 0 Å². The maximum Gasteiger partial charge on any atom is 0.310 e. The van der Waals surface area contributed by atoms with Crippen LogP contribution >= 0.6 is 0 Å². The minimum atomic E-state index is -0.757. The van der Waals surface area contributed by atoms with E-state index in [1.807, 2.05) is 13.8 Å². The van der Waals surface area contributed by atoms with E-state index in [1.54, 1.807) is 7.11 Å². The second-order valence-corrected chi connectivity index (χ2v) is 6.12. The van der Waals surface area contributed by atoms with Crippen LogP contribution in [-0.2, 0) is 21.6 Å². The smallest absolute Gasteiger partial charge is 0.310 e. The second kappa shape index (κ2) is 6.13. The van der Waals surface area contributed by atoms with Gasteiger partial charge in [0.05, 0.1) is 5.41 Å². The fraction of sp³-hybridized carbons (Fsp3) is 0.800. The molecule has 1 aliphatic rings. The summed E-state index contributed by atoms with van der Waals surface area (Å²) in [6.07, 6.45) is 5.36. The van der Waals surface area contributed by atoms with Gasteiger partial charge in [-0.2, -0.15) is 4.98 Å². The number of aliphatic carboxylic acids is 1. The molecule has 1 atom stereocenters. The topological polar surface area (TPSA) is 85.5 Å². The summed E-state index contributed by atoms with van der Waals surface area (Å²) in [5.41, 5.74) is -1.34. The highest BCUT2D eigenvalue weighted by Crippen LogP contribution is 2.39. The fourth-order valence-electron chi connectivity index (χ4n) is 2.92. The Hall–Kier alpha value is -1.43. The minimum Gasteiger partial charge on any atom is -0.481 e. The molecule has 0 saturated heterocycles. The molecule has 0 radical (unpaired) electrons. The van der Waals surface area contributed by atoms with Gasteiger partial charge < -0.3 is 14.4 Å². The van der Waals surface area contributed by atoms with E-state index in [0.717, 1.165) is 19.3 Å². The average Bonchev–Trinajstić information content (AvgIpc) is 2.96. The summed E-state index contributed by atoms with van der Waals surface area (Å²) < 4.78 is 10.7. The van der Waals surface area contributed by atoms with Gasteiger partial charge in [-0.15, -0.1) is 0 Å². The lowest BCUT2D eigenvalue weighted by Gasteiger charge is -2.31. The molecule has 1 fully saturated rings. The van der Waals surface area contributed by atoms with Crippen molar-refractivity contribution in [3.63, 3.8) is 0 Å². The van der Waals surface area contributed by atoms with Crippen molar-refractivity contribution < 1.29 is 19.2 Å². The molecule has 21 heavy (non-hydrogen) atoms. The monoisotopic (exact) mass is 296 g/mol. The van der Waals surface area contributed by atoms with Crippen LogP contribution in [0.15, 0.2) is 4.52 Å². The normalized spacial score (nSPS) is 20.9. The Balaban J connectivity index is 2.19. The van der Waals surface area contributed by atoms with Crippen molar-refractivity contribution in [3.05, 3.63) is 11.7 Å². The van der Waals surface area contributed by atoms with Crippen molar-refractivity contribution in [1.29, 1.82) is 0 Å². The molecule has 0 aromatic carbocycles. The van der Waals surface area contributed by atoms with Crippen LogP contribution in [0.3, 0.4) is 0 Å². The molecule has 0 amide bonds. The van der Waals surface area contributed by atoms with Crippen molar-refractivity contribution in [2.24, 2.45) is 5.41 Å². The van der Waals surface area contributed by atoms with E-state index in [4.69, 9.17) is 9.26 Å². The van der Waals surface area contributed by atoms with E-state index in [-0.39, 0.29) is 0 Å². The summed E-state index contributed by atoms with van der Waals surface area (Å²) >= 11 is 0. The molecule has 1 N–H and O–H groups in total. The summed E-state index contributed by atoms with van der Waals surface area (Å²) in [6, 6.07) is 0. The number of hydrogen-bond donors (Lipinski definition) is 1. The zero-order valence-corrected chi connectivity index (χ0v) is 13.0. The first-order chi connectivity index (χ1) is 9.96. The van der Waals surface area contributed by atoms with Crippen molar-refractivity contribution in [3.8, 4) is 0 Å². The molecule has 6 heteroatoms. The van der Waals surface area contributed by atoms with E-state index < -0.39 is 17.0 Å². The number of rotatable bonds is 6. The second-order valence-electron chi connectivity index (χ2n) is 6.12. The molecule has 2 rings (SSSR count). The van der Waals surface area contributed by atoms with Crippen LogP contribution in [0.4, 0.5) is 0 Å². The van der Waals surface area contributed by atoms with Gasteiger partial charge in [-0.25, -0.2) is 0 Å². The Bertz CT molecular complexity index is 488. The molecule has 1 saturated carbocycles. The highest BCUT2D eigenvalue weighted by atomic mass is 16.5. The zero-order valence-electron chi connectivity index (χ0n) is 13.0. The molecule has 0 spiro atoms. The van der Waals surface area contributed by atoms with Gasteiger partial charge in [0.15, 0.2) is 0 Å². The molecule has 0 bridgehead atoms. The molecule has 0 aliphatic heterocycles. The largest absolute Gasteiger partial charge is 0.481 e. The Morgan fingerprint density at radius 3 is 2.62 bits per heavy atom. The van der Waals surface area contributed by atoms with Gasteiger partial charge in [0.1, 0.15) is 5.60 Å². The van der Waals surface area contributed by atoms with E-state index in [1.165, 1.54) is 0 Å². The summed E-state index contributed by atoms with van der Waals surface area (Å²) in [6.45, 7) is 3.88. The molecule has 1 aromatic rings. The van der Waals surface area contributed by atoms with Crippen LogP contribution in [0.5, 0.6) is 0 Å². The standard InChI is InChI=1S/C15H24N2O4/c1-4-14(2,20-3)12-16-11(21-17-12)10-15(13(18)19)8-6-5-7-9-15/h4-10H2,1-3H3,(H,18,19). The van der Waals surface area contributed by atoms with Crippen LogP contribution in [0, 0.1) is 5.41 Å². The SMILES string of the molecule is CCC(C)(OC)c1noc(CC2(C(=O)O)CCCCC2)n1. The number of methoxy groups -OCH3 is 1. The first kappa shape index (κ1) is 15.9. The Kier molecular flexibility index (Phi) is 4.66. The number of ether oxygens (including phenoxy) is 1. The lowest BCUT2D eigenvalue weighted by molar-refractivity contribution is -0.151. The van der Waals surface area contributed by atoms with Crippen LogP contribution in [-0.4, -0.2) is 28.3 Å². The molecule has 1 unspecified atom stereocenters. The number of carboxylic acids is 1. The Morgan fingerprint density at radius 1 is 1.43 bits per heavy atom. The third-order valence-corrected chi connectivity index (χ3v) is 4.82. The molecular weight excluding hydrogens is 272 g/mol. The Labute approximate surface area is 124 Å². The number of aromatic nitrogens is 2. The summed E-state index contributed by atoms with van der Waals surface area (Å²) in [4.78, 5) is 16.1. The highest BCUT2D eigenvalue weighted by Gasteiger charge is 2.42. The maximum absolute atomic E-state index is 11.7. The predicted octanol–water partition coefficient (Wildman–Crippen LogP) is 2.92. The minimum absolute atomic E-state index is 0.304. The number of carbonyl (C=O) groups is 1. The molecular formula is C15H24N2O4. The van der Waals surface area contributed by atoms with E-state index >= 15 is 0 Å². The highest BCUT2D eigenvalue weighted by molar-refractivity contribution is 5.75. The lowest BCUT2D eigenvalue weighted by atomic mass is 9.72. The van der Waals surface area contributed by atoms with E-state index in [2.05, 4.69) is 10.1 Å². The van der Waals surface area contributed by atoms with Crippen LogP contribution in [0.2, 0.25) is 0 Å². The molecule has 6 nitrogen and oxygen atoms in total. The molecule has 118 valence electrons.